The monoisotopic (exact) mass is 255 g/mol. The average molecular weight is 255 g/mol. The molecule has 0 bridgehead atoms. The number of benzene rings is 2. The number of fused-ring (bicyclic) bond motifs is 1. The lowest BCUT2D eigenvalue weighted by Crippen LogP contribution is -2.25. The second-order valence-electron chi connectivity index (χ2n) is 5.93. The van der Waals surface area contributed by atoms with E-state index >= 15 is 0 Å². The molecule has 0 spiro atoms. The van der Waals surface area contributed by atoms with Crippen LogP contribution in [-0.2, 0) is 6.54 Å². The standard InChI is InChI=1S/C18H25N/c1-14(2)8-9-15(3)19-13-16-10-11-17-6-4-5-7-18(17)12-16/h4-7,10-12,14-15,19H,8-9,13H2,1-3H3. The van der Waals surface area contributed by atoms with Crippen molar-refractivity contribution in [1.82, 2.24) is 5.32 Å². The van der Waals surface area contributed by atoms with Crippen LogP contribution in [0, 0.1) is 5.92 Å². The third kappa shape index (κ3) is 4.36. The molecule has 0 amide bonds. The molecule has 0 radical (unpaired) electrons. The van der Waals surface area contributed by atoms with Gasteiger partial charge in [-0.2, -0.15) is 0 Å². The predicted molar refractivity (Wildman–Crippen MR) is 84.3 cm³/mol. The maximum Gasteiger partial charge on any atom is 0.0208 e. The number of hydrogen-bond acceptors (Lipinski definition) is 1. The SMILES string of the molecule is CC(C)CCC(C)NCc1ccc2ccccc2c1. The zero-order valence-electron chi connectivity index (χ0n) is 12.3. The summed E-state index contributed by atoms with van der Waals surface area (Å²) in [4.78, 5) is 0. The normalized spacial score (nSPS) is 13.1. The van der Waals surface area contributed by atoms with Gasteiger partial charge in [0.05, 0.1) is 0 Å². The van der Waals surface area contributed by atoms with Gasteiger partial charge in [-0.15, -0.1) is 0 Å². The minimum Gasteiger partial charge on any atom is -0.310 e. The lowest BCUT2D eigenvalue weighted by molar-refractivity contribution is 0.451. The van der Waals surface area contributed by atoms with Crippen LogP contribution in [0.5, 0.6) is 0 Å². The Bertz CT molecular complexity index is 516. The summed E-state index contributed by atoms with van der Waals surface area (Å²) in [6, 6.07) is 15.9. The van der Waals surface area contributed by atoms with Crippen LogP contribution in [0.15, 0.2) is 42.5 Å². The first-order chi connectivity index (χ1) is 9.15. The summed E-state index contributed by atoms with van der Waals surface area (Å²) in [5, 5.41) is 6.27. The van der Waals surface area contributed by atoms with Crippen molar-refractivity contribution in [1.29, 1.82) is 0 Å². The average Bonchev–Trinajstić information content (AvgIpc) is 2.42. The highest BCUT2D eigenvalue weighted by Crippen LogP contribution is 2.16. The largest absolute Gasteiger partial charge is 0.310 e. The van der Waals surface area contributed by atoms with Crippen LogP contribution in [0.1, 0.15) is 39.2 Å². The third-order valence-corrected chi connectivity index (χ3v) is 3.65. The molecular formula is C18H25N. The molecule has 0 heterocycles. The van der Waals surface area contributed by atoms with Gasteiger partial charge >= 0.3 is 0 Å². The molecule has 0 saturated carbocycles. The van der Waals surface area contributed by atoms with E-state index < -0.39 is 0 Å². The Morgan fingerprint density at radius 2 is 1.63 bits per heavy atom. The Hall–Kier alpha value is -1.34. The summed E-state index contributed by atoms with van der Waals surface area (Å²) in [7, 11) is 0. The van der Waals surface area contributed by atoms with Crippen LogP contribution in [0.4, 0.5) is 0 Å². The van der Waals surface area contributed by atoms with Gasteiger partial charge in [-0.3, -0.25) is 0 Å². The molecule has 1 nitrogen and oxygen atoms in total. The van der Waals surface area contributed by atoms with Crippen molar-refractivity contribution in [2.75, 3.05) is 0 Å². The summed E-state index contributed by atoms with van der Waals surface area (Å²) < 4.78 is 0. The van der Waals surface area contributed by atoms with Crippen LogP contribution >= 0.6 is 0 Å². The summed E-state index contributed by atoms with van der Waals surface area (Å²) in [5.74, 6) is 0.796. The first-order valence-corrected chi connectivity index (χ1v) is 7.36. The van der Waals surface area contributed by atoms with Crippen LogP contribution in [0.3, 0.4) is 0 Å². The van der Waals surface area contributed by atoms with Crippen LogP contribution in [0.25, 0.3) is 10.8 Å². The zero-order valence-corrected chi connectivity index (χ0v) is 12.3. The molecule has 1 N–H and O–H groups in total. The van der Waals surface area contributed by atoms with Gasteiger partial charge in [0.2, 0.25) is 0 Å². The fraction of sp³-hybridized carbons (Fsp3) is 0.444. The van der Waals surface area contributed by atoms with Crippen LogP contribution < -0.4 is 5.32 Å². The van der Waals surface area contributed by atoms with Gasteiger partial charge in [-0.05, 0) is 48.1 Å². The molecule has 0 aliphatic rings. The summed E-state index contributed by atoms with van der Waals surface area (Å²) >= 11 is 0. The highest BCUT2D eigenvalue weighted by molar-refractivity contribution is 5.82. The molecule has 0 fully saturated rings. The van der Waals surface area contributed by atoms with E-state index in [1.807, 2.05) is 0 Å². The minimum atomic E-state index is 0.592. The Balaban J connectivity index is 1.90. The van der Waals surface area contributed by atoms with Gasteiger partial charge in [-0.25, -0.2) is 0 Å². The van der Waals surface area contributed by atoms with Gasteiger partial charge in [0.15, 0.2) is 0 Å². The maximum atomic E-state index is 3.62. The van der Waals surface area contributed by atoms with Gasteiger partial charge in [0, 0.05) is 12.6 Å². The number of rotatable bonds is 6. The quantitative estimate of drug-likeness (QED) is 0.785. The highest BCUT2D eigenvalue weighted by Gasteiger charge is 2.03. The second-order valence-corrected chi connectivity index (χ2v) is 5.93. The Kier molecular flexibility index (Phi) is 4.98. The van der Waals surface area contributed by atoms with Gasteiger partial charge in [-0.1, -0.05) is 50.2 Å². The maximum absolute atomic E-state index is 3.62. The molecule has 102 valence electrons. The molecule has 0 aliphatic carbocycles. The Labute approximate surface area is 117 Å². The van der Waals surface area contributed by atoms with Crippen molar-refractivity contribution in [3.05, 3.63) is 48.0 Å². The van der Waals surface area contributed by atoms with E-state index in [4.69, 9.17) is 0 Å². The molecule has 0 aromatic heterocycles. The molecule has 0 saturated heterocycles. The number of nitrogens with one attached hydrogen (secondary N) is 1. The Morgan fingerprint density at radius 3 is 2.37 bits per heavy atom. The first-order valence-electron chi connectivity index (χ1n) is 7.36. The molecule has 0 aliphatic heterocycles. The van der Waals surface area contributed by atoms with Gasteiger partial charge in [0.25, 0.3) is 0 Å². The van der Waals surface area contributed by atoms with E-state index in [0.29, 0.717) is 6.04 Å². The molecule has 1 heteroatoms. The lowest BCUT2D eigenvalue weighted by atomic mass is 10.0. The van der Waals surface area contributed by atoms with Gasteiger partial charge in [0.1, 0.15) is 0 Å². The van der Waals surface area contributed by atoms with E-state index in [1.54, 1.807) is 0 Å². The van der Waals surface area contributed by atoms with Gasteiger partial charge < -0.3 is 5.32 Å². The fourth-order valence-corrected chi connectivity index (χ4v) is 2.33. The van der Waals surface area contributed by atoms with Crippen molar-refractivity contribution >= 4 is 10.8 Å². The fourth-order valence-electron chi connectivity index (χ4n) is 2.33. The summed E-state index contributed by atoms with van der Waals surface area (Å²) in [6.07, 6.45) is 2.55. The molecule has 2 rings (SSSR count). The van der Waals surface area contributed by atoms with Crippen molar-refractivity contribution in [2.24, 2.45) is 5.92 Å². The molecule has 2 aromatic rings. The predicted octanol–water partition coefficient (Wildman–Crippen LogP) is 4.75. The smallest absolute Gasteiger partial charge is 0.0208 e. The summed E-state index contributed by atoms with van der Waals surface area (Å²) in [6.45, 7) is 7.82. The van der Waals surface area contributed by atoms with Crippen molar-refractivity contribution in [2.45, 2.75) is 46.2 Å². The highest BCUT2D eigenvalue weighted by atomic mass is 14.9. The summed E-state index contributed by atoms with van der Waals surface area (Å²) in [5.41, 5.74) is 1.37. The molecule has 1 unspecified atom stereocenters. The van der Waals surface area contributed by atoms with E-state index in [-0.39, 0.29) is 0 Å². The van der Waals surface area contributed by atoms with Crippen molar-refractivity contribution in [3.8, 4) is 0 Å². The van der Waals surface area contributed by atoms with Crippen molar-refractivity contribution < 1.29 is 0 Å². The Morgan fingerprint density at radius 1 is 0.895 bits per heavy atom. The van der Waals surface area contributed by atoms with Crippen molar-refractivity contribution in [3.63, 3.8) is 0 Å². The third-order valence-electron chi connectivity index (χ3n) is 3.65. The van der Waals surface area contributed by atoms with E-state index in [1.165, 1.54) is 29.2 Å². The van der Waals surface area contributed by atoms with E-state index in [0.717, 1.165) is 12.5 Å². The molecular weight excluding hydrogens is 230 g/mol. The minimum absolute atomic E-state index is 0.592. The lowest BCUT2D eigenvalue weighted by Gasteiger charge is -2.15. The van der Waals surface area contributed by atoms with Crippen LogP contribution in [-0.4, -0.2) is 6.04 Å². The molecule has 19 heavy (non-hydrogen) atoms. The second kappa shape index (κ2) is 6.72. The topological polar surface area (TPSA) is 12.0 Å². The molecule has 2 aromatic carbocycles. The zero-order chi connectivity index (χ0) is 13.7. The molecule has 1 atom stereocenters. The van der Waals surface area contributed by atoms with Crippen LogP contribution in [0.2, 0.25) is 0 Å². The van der Waals surface area contributed by atoms with E-state index in [9.17, 15) is 0 Å². The first kappa shape index (κ1) is 14.1. The number of hydrogen-bond donors (Lipinski definition) is 1. The van der Waals surface area contributed by atoms with E-state index in [2.05, 4.69) is 68.6 Å².